The third-order valence-corrected chi connectivity index (χ3v) is 5.29. The minimum Gasteiger partial charge on any atom is -0.496 e. The van der Waals surface area contributed by atoms with Crippen LogP contribution in [0.25, 0.3) is 11.1 Å². The Labute approximate surface area is 173 Å². The van der Waals surface area contributed by atoms with Gasteiger partial charge in [-0.2, -0.15) is 0 Å². The molecule has 3 rings (SSSR count). The van der Waals surface area contributed by atoms with Crippen molar-refractivity contribution in [1.29, 1.82) is 0 Å². The van der Waals surface area contributed by atoms with Gasteiger partial charge in [0.2, 0.25) is 0 Å². The van der Waals surface area contributed by atoms with Gasteiger partial charge in [0.25, 0.3) is 12.4 Å². The highest BCUT2D eigenvalue weighted by Gasteiger charge is 2.32. The molecule has 2 aromatic carbocycles. The summed E-state index contributed by atoms with van der Waals surface area (Å²) in [5, 5.41) is 6.89. The summed E-state index contributed by atoms with van der Waals surface area (Å²) >= 11 is 0. The Hall–Kier alpha value is -2.82. The number of methoxy groups -OCH3 is 1. The van der Waals surface area contributed by atoms with E-state index in [-0.39, 0.29) is 12.4 Å². The van der Waals surface area contributed by atoms with Gasteiger partial charge >= 0.3 is 0 Å². The Morgan fingerprint density at radius 1 is 1.14 bits per heavy atom. The van der Waals surface area contributed by atoms with E-state index in [1.165, 1.54) is 36.0 Å². The Balaban J connectivity index is 0.000000941. The Morgan fingerprint density at radius 3 is 2.41 bits per heavy atom. The molecule has 1 heterocycles. The molecule has 1 N–H and O–H groups in total. The number of carbonyl (C=O) groups excluding carboxylic acids is 1. The van der Waals surface area contributed by atoms with Crippen molar-refractivity contribution >= 4 is 12.4 Å². The molecule has 5 heteroatoms. The van der Waals surface area contributed by atoms with Gasteiger partial charge < -0.3 is 14.7 Å². The molecule has 0 saturated carbocycles. The highest BCUT2D eigenvalue weighted by atomic mass is 16.5. The fraction of sp³-hybridized carbons (Fsp3) is 0.417. The number of hydrogen-bond acceptors (Lipinski definition) is 3. The van der Waals surface area contributed by atoms with E-state index in [9.17, 15) is 4.79 Å². The number of amides is 1. The first-order valence-electron chi connectivity index (χ1n) is 10.3. The van der Waals surface area contributed by atoms with Crippen LogP contribution >= 0.6 is 0 Å². The number of nitrogens with zero attached hydrogens (tertiary/aromatic N) is 1. The zero-order chi connectivity index (χ0) is 21.2. The van der Waals surface area contributed by atoms with E-state index in [0.29, 0.717) is 6.54 Å². The van der Waals surface area contributed by atoms with Crippen LogP contribution in [0.2, 0.25) is 0 Å². The topological polar surface area (TPSA) is 66.8 Å². The lowest BCUT2D eigenvalue weighted by molar-refractivity contribution is -0.122. The molecule has 0 aliphatic carbocycles. The van der Waals surface area contributed by atoms with Crippen molar-refractivity contribution in [2.45, 2.75) is 52.5 Å². The van der Waals surface area contributed by atoms with Gasteiger partial charge in [0.15, 0.2) is 0 Å². The molecule has 0 spiro atoms. The summed E-state index contributed by atoms with van der Waals surface area (Å²) in [6.07, 6.45) is 5.59. The Morgan fingerprint density at radius 2 is 1.83 bits per heavy atom. The number of unbranched alkanes of at least 4 members (excludes halogenated alkanes) is 3. The Bertz CT molecular complexity index is 817. The number of rotatable bonds is 8. The van der Waals surface area contributed by atoms with Crippen LogP contribution in [0.3, 0.4) is 0 Å². The number of carbonyl (C=O) groups is 2. The maximum Gasteiger partial charge on any atom is 0.290 e. The third-order valence-electron chi connectivity index (χ3n) is 5.29. The molecule has 0 bridgehead atoms. The molecule has 1 aliphatic heterocycles. The van der Waals surface area contributed by atoms with Crippen molar-refractivity contribution in [3.63, 3.8) is 0 Å². The molecule has 0 atom stereocenters. The van der Waals surface area contributed by atoms with Crippen LogP contribution in [0.4, 0.5) is 0 Å². The van der Waals surface area contributed by atoms with Gasteiger partial charge in [-0.15, -0.1) is 0 Å². The maximum absolute atomic E-state index is 13.0. The first-order valence-corrected chi connectivity index (χ1v) is 10.3. The lowest BCUT2D eigenvalue weighted by Gasteiger charge is -2.17. The lowest BCUT2D eigenvalue weighted by Crippen LogP contribution is -2.24. The quantitative estimate of drug-likeness (QED) is 0.493. The predicted octanol–water partition coefficient (Wildman–Crippen LogP) is 5.16. The molecule has 1 aliphatic rings. The average molecular weight is 398 g/mol. The summed E-state index contributed by atoms with van der Waals surface area (Å²) in [6.45, 7) is 5.66. The van der Waals surface area contributed by atoms with Crippen molar-refractivity contribution in [2.24, 2.45) is 0 Å². The highest BCUT2D eigenvalue weighted by molar-refractivity contribution is 6.01. The normalized spacial score (nSPS) is 12.2. The molecular formula is C24H31NO4. The zero-order valence-electron chi connectivity index (χ0n) is 17.6. The third kappa shape index (κ3) is 5.17. The van der Waals surface area contributed by atoms with Crippen LogP contribution in [0, 0.1) is 0 Å². The first-order chi connectivity index (χ1) is 14.1. The second-order valence-corrected chi connectivity index (χ2v) is 7.07. The average Bonchev–Trinajstić information content (AvgIpc) is 3.06. The van der Waals surface area contributed by atoms with Crippen molar-refractivity contribution in [3.05, 3.63) is 53.1 Å². The van der Waals surface area contributed by atoms with Crippen LogP contribution in [0.1, 0.15) is 61.0 Å². The number of hydrogen-bond donors (Lipinski definition) is 1. The number of ether oxygens (including phenoxy) is 1. The predicted molar refractivity (Wildman–Crippen MR) is 115 cm³/mol. The second-order valence-electron chi connectivity index (χ2n) is 7.07. The van der Waals surface area contributed by atoms with Crippen molar-refractivity contribution in [3.8, 4) is 16.9 Å². The molecule has 2 aromatic rings. The fourth-order valence-electron chi connectivity index (χ4n) is 3.93. The molecule has 0 radical (unpaired) electrons. The van der Waals surface area contributed by atoms with Crippen molar-refractivity contribution in [2.75, 3.05) is 13.7 Å². The summed E-state index contributed by atoms with van der Waals surface area (Å²) in [5.74, 6) is 0.973. The van der Waals surface area contributed by atoms with Gasteiger partial charge in [-0.1, -0.05) is 63.4 Å². The monoisotopic (exact) mass is 397 g/mol. The van der Waals surface area contributed by atoms with E-state index in [1.54, 1.807) is 7.11 Å². The summed E-state index contributed by atoms with van der Waals surface area (Å²) in [4.78, 5) is 23.3. The zero-order valence-corrected chi connectivity index (χ0v) is 17.6. The number of fused-ring (bicyclic) bond motifs is 1. The minimum absolute atomic E-state index is 0.148. The molecule has 156 valence electrons. The van der Waals surface area contributed by atoms with E-state index < -0.39 is 0 Å². The van der Waals surface area contributed by atoms with Crippen LogP contribution in [-0.4, -0.2) is 36.0 Å². The van der Waals surface area contributed by atoms with Gasteiger partial charge in [-0.25, -0.2) is 0 Å². The maximum atomic E-state index is 13.0. The summed E-state index contributed by atoms with van der Waals surface area (Å²) in [6, 6.07) is 12.3. The standard InChI is InChI=1S/C23H29NO2.CH2O2/c1-4-6-7-11-14-24-16-20-19(23(24)25)15-21(26-3)18(5-2)22(20)17-12-9-8-10-13-17;2-1-3/h8-10,12-13,15H,4-7,11,14,16H2,1-3H3;1H,(H,2,3). The van der Waals surface area contributed by atoms with E-state index in [4.69, 9.17) is 14.6 Å². The molecule has 0 fully saturated rings. The van der Waals surface area contributed by atoms with Gasteiger partial charge in [0.05, 0.1) is 7.11 Å². The smallest absolute Gasteiger partial charge is 0.290 e. The molecule has 0 saturated heterocycles. The van der Waals surface area contributed by atoms with Crippen LogP contribution in [0.15, 0.2) is 36.4 Å². The van der Waals surface area contributed by atoms with Crippen molar-refractivity contribution in [1.82, 2.24) is 4.90 Å². The Kier molecular flexibility index (Phi) is 8.71. The van der Waals surface area contributed by atoms with Gasteiger partial charge in [-0.3, -0.25) is 9.59 Å². The van der Waals surface area contributed by atoms with Crippen LogP contribution in [-0.2, 0) is 17.8 Å². The van der Waals surface area contributed by atoms with Crippen molar-refractivity contribution < 1.29 is 19.4 Å². The molecule has 5 nitrogen and oxygen atoms in total. The molecule has 1 amide bonds. The highest BCUT2D eigenvalue weighted by Crippen LogP contribution is 2.40. The summed E-state index contributed by atoms with van der Waals surface area (Å²) in [5.41, 5.74) is 5.52. The largest absolute Gasteiger partial charge is 0.496 e. The number of carboxylic acid groups (broad SMARTS) is 1. The van der Waals surface area contributed by atoms with E-state index in [0.717, 1.165) is 36.3 Å². The van der Waals surface area contributed by atoms with Gasteiger partial charge in [-0.05, 0) is 35.6 Å². The molecule has 29 heavy (non-hydrogen) atoms. The summed E-state index contributed by atoms with van der Waals surface area (Å²) < 4.78 is 5.65. The number of benzene rings is 2. The lowest BCUT2D eigenvalue weighted by atomic mass is 9.90. The molecule has 0 unspecified atom stereocenters. The van der Waals surface area contributed by atoms with E-state index in [1.807, 2.05) is 17.0 Å². The van der Waals surface area contributed by atoms with Gasteiger partial charge in [0, 0.05) is 24.2 Å². The first kappa shape index (κ1) is 22.5. The second kappa shape index (κ2) is 11.2. The van der Waals surface area contributed by atoms with Crippen LogP contribution in [0.5, 0.6) is 5.75 Å². The molecular weight excluding hydrogens is 366 g/mol. The SMILES string of the molecule is CCCCCCN1Cc2c(cc(OC)c(CC)c2-c2ccccc2)C1=O.O=CO. The minimum atomic E-state index is -0.250. The summed E-state index contributed by atoms with van der Waals surface area (Å²) in [7, 11) is 1.69. The van der Waals surface area contributed by atoms with E-state index >= 15 is 0 Å². The fourth-order valence-corrected chi connectivity index (χ4v) is 3.93. The van der Waals surface area contributed by atoms with E-state index in [2.05, 4.69) is 38.1 Å². The van der Waals surface area contributed by atoms with Crippen LogP contribution < -0.4 is 4.74 Å². The molecule has 0 aromatic heterocycles. The van der Waals surface area contributed by atoms with Gasteiger partial charge in [0.1, 0.15) is 5.75 Å².